The lowest BCUT2D eigenvalue weighted by Gasteiger charge is -2.08. The van der Waals surface area contributed by atoms with E-state index in [0.717, 1.165) is 5.56 Å². The van der Waals surface area contributed by atoms with E-state index >= 15 is 0 Å². The van der Waals surface area contributed by atoms with Crippen LogP contribution in [-0.2, 0) is 6.54 Å². The molecule has 0 fully saturated rings. The van der Waals surface area contributed by atoms with Gasteiger partial charge in [0.1, 0.15) is 17.9 Å². The van der Waals surface area contributed by atoms with Crippen LogP contribution in [0.3, 0.4) is 0 Å². The van der Waals surface area contributed by atoms with Gasteiger partial charge in [0.05, 0.1) is 35.3 Å². The molecule has 0 radical (unpaired) electrons. The first kappa shape index (κ1) is 12.4. The molecule has 7 heteroatoms. The van der Waals surface area contributed by atoms with Crippen LogP contribution in [0.2, 0.25) is 5.02 Å². The fraction of sp³-hybridized carbons (Fsp3) is 0.0769. The van der Waals surface area contributed by atoms with Crippen LogP contribution >= 0.6 is 11.6 Å². The topological polar surface area (TPSA) is 93.4 Å². The van der Waals surface area contributed by atoms with Crippen molar-refractivity contribution in [2.45, 2.75) is 6.54 Å². The van der Waals surface area contributed by atoms with Crippen molar-refractivity contribution in [3.8, 4) is 6.07 Å². The Labute approximate surface area is 119 Å². The number of fused-ring (bicyclic) bond motifs is 1. The number of hydrogen-bond acceptors (Lipinski definition) is 5. The van der Waals surface area contributed by atoms with Crippen molar-refractivity contribution in [3.05, 3.63) is 47.1 Å². The van der Waals surface area contributed by atoms with Crippen LogP contribution in [0.25, 0.3) is 11.2 Å². The highest BCUT2D eigenvalue weighted by Crippen LogP contribution is 2.26. The summed E-state index contributed by atoms with van der Waals surface area (Å²) in [4.78, 5) is 12.3. The monoisotopic (exact) mass is 284 g/mol. The number of nitriles is 1. The molecule has 0 saturated heterocycles. The fourth-order valence-electron chi connectivity index (χ4n) is 1.98. The Kier molecular flexibility index (Phi) is 2.97. The number of rotatable bonds is 2. The second-order valence-corrected chi connectivity index (χ2v) is 4.60. The molecule has 0 saturated carbocycles. The summed E-state index contributed by atoms with van der Waals surface area (Å²) in [5.74, 6) is 0. The number of anilines is 1. The second-order valence-electron chi connectivity index (χ2n) is 4.22. The maximum absolute atomic E-state index is 9.07. The zero-order chi connectivity index (χ0) is 14.1. The molecule has 3 rings (SSSR count). The maximum atomic E-state index is 9.07. The molecule has 0 aliphatic rings. The summed E-state index contributed by atoms with van der Waals surface area (Å²) >= 11 is 6.21. The highest BCUT2D eigenvalue weighted by atomic mass is 35.5. The van der Waals surface area contributed by atoms with E-state index < -0.39 is 0 Å². The SMILES string of the molecule is N#Cc1c(N)ccc(Cn2cnc3cncnc32)c1Cl. The lowest BCUT2D eigenvalue weighted by molar-refractivity contribution is 0.813. The summed E-state index contributed by atoms with van der Waals surface area (Å²) in [5.41, 5.74) is 8.60. The summed E-state index contributed by atoms with van der Waals surface area (Å²) in [5, 5.41) is 9.43. The van der Waals surface area contributed by atoms with Gasteiger partial charge in [-0.1, -0.05) is 17.7 Å². The number of aromatic nitrogens is 4. The van der Waals surface area contributed by atoms with Crippen LogP contribution < -0.4 is 5.73 Å². The Bertz CT molecular complexity index is 832. The number of nitrogens with two attached hydrogens (primary N) is 1. The number of hydrogen-bond donors (Lipinski definition) is 1. The van der Waals surface area contributed by atoms with Crippen molar-refractivity contribution in [2.24, 2.45) is 0 Å². The van der Waals surface area contributed by atoms with Crippen molar-refractivity contribution in [2.75, 3.05) is 5.73 Å². The Hall–Kier alpha value is -2.65. The van der Waals surface area contributed by atoms with Gasteiger partial charge in [0.15, 0.2) is 5.65 Å². The van der Waals surface area contributed by atoms with Gasteiger partial charge in [-0.15, -0.1) is 0 Å². The molecule has 0 bridgehead atoms. The molecule has 6 nitrogen and oxygen atoms in total. The van der Waals surface area contributed by atoms with E-state index in [1.807, 2.05) is 10.6 Å². The predicted molar refractivity (Wildman–Crippen MR) is 75.0 cm³/mol. The summed E-state index contributed by atoms with van der Waals surface area (Å²) in [7, 11) is 0. The third kappa shape index (κ3) is 1.94. The molecule has 0 aliphatic heterocycles. The quantitative estimate of drug-likeness (QED) is 0.726. The van der Waals surface area contributed by atoms with Crippen LogP contribution in [0.4, 0.5) is 5.69 Å². The van der Waals surface area contributed by atoms with E-state index in [1.54, 1.807) is 24.7 Å². The summed E-state index contributed by atoms with van der Waals surface area (Å²) in [6, 6.07) is 5.48. The van der Waals surface area contributed by atoms with Crippen LogP contribution in [-0.4, -0.2) is 19.5 Å². The third-order valence-electron chi connectivity index (χ3n) is 2.99. The number of nitrogens with zero attached hydrogens (tertiary/aromatic N) is 5. The zero-order valence-electron chi connectivity index (χ0n) is 10.3. The molecular weight excluding hydrogens is 276 g/mol. The summed E-state index contributed by atoms with van der Waals surface area (Å²) in [6.07, 6.45) is 4.77. The lowest BCUT2D eigenvalue weighted by atomic mass is 10.1. The lowest BCUT2D eigenvalue weighted by Crippen LogP contribution is -2.02. The highest BCUT2D eigenvalue weighted by Gasteiger charge is 2.11. The molecule has 0 atom stereocenters. The Morgan fingerprint density at radius 1 is 1.35 bits per heavy atom. The predicted octanol–water partition coefficient (Wildman–Crippen LogP) is 1.98. The van der Waals surface area contributed by atoms with Gasteiger partial charge in [-0.2, -0.15) is 5.26 Å². The molecule has 2 aromatic heterocycles. The van der Waals surface area contributed by atoms with Crippen LogP contribution in [0.1, 0.15) is 11.1 Å². The van der Waals surface area contributed by atoms with Gasteiger partial charge in [-0.05, 0) is 11.6 Å². The van der Waals surface area contributed by atoms with E-state index in [-0.39, 0.29) is 0 Å². The van der Waals surface area contributed by atoms with Crippen molar-refractivity contribution < 1.29 is 0 Å². The molecule has 0 spiro atoms. The van der Waals surface area contributed by atoms with Crippen LogP contribution in [0, 0.1) is 11.3 Å². The van der Waals surface area contributed by atoms with Crippen molar-refractivity contribution in [1.82, 2.24) is 19.5 Å². The van der Waals surface area contributed by atoms with E-state index in [9.17, 15) is 0 Å². The van der Waals surface area contributed by atoms with E-state index in [4.69, 9.17) is 22.6 Å². The molecule has 2 heterocycles. The maximum Gasteiger partial charge on any atom is 0.163 e. The third-order valence-corrected chi connectivity index (χ3v) is 3.42. The molecular formula is C13H9ClN6. The molecule has 2 N–H and O–H groups in total. The molecule has 0 unspecified atom stereocenters. The van der Waals surface area contributed by atoms with Gasteiger partial charge < -0.3 is 10.3 Å². The average molecular weight is 285 g/mol. The zero-order valence-corrected chi connectivity index (χ0v) is 11.0. The molecule has 3 aromatic rings. The molecule has 98 valence electrons. The first-order valence-electron chi connectivity index (χ1n) is 5.78. The van der Waals surface area contributed by atoms with Gasteiger partial charge in [0, 0.05) is 0 Å². The normalized spacial score (nSPS) is 10.6. The van der Waals surface area contributed by atoms with Crippen LogP contribution in [0.5, 0.6) is 0 Å². The standard InChI is InChI=1S/C13H9ClN6/c14-12-8(1-2-10(16)9(12)3-15)5-20-7-19-11-4-17-6-18-13(11)20/h1-2,4,6-7H,5,16H2. The summed E-state index contributed by atoms with van der Waals surface area (Å²) in [6.45, 7) is 0.460. The Morgan fingerprint density at radius 3 is 3.00 bits per heavy atom. The molecule has 0 amide bonds. The van der Waals surface area contributed by atoms with Gasteiger partial charge in [0.25, 0.3) is 0 Å². The van der Waals surface area contributed by atoms with Crippen molar-refractivity contribution in [1.29, 1.82) is 5.26 Å². The number of halogens is 1. The van der Waals surface area contributed by atoms with Gasteiger partial charge >= 0.3 is 0 Å². The van der Waals surface area contributed by atoms with E-state index in [2.05, 4.69) is 15.0 Å². The number of benzene rings is 1. The van der Waals surface area contributed by atoms with Crippen molar-refractivity contribution >= 4 is 28.5 Å². The largest absolute Gasteiger partial charge is 0.398 e. The molecule has 1 aromatic carbocycles. The first-order valence-corrected chi connectivity index (χ1v) is 6.16. The first-order chi connectivity index (χ1) is 9.70. The van der Waals surface area contributed by atoms with Gasteiger partial charge in [0.2, 0.25) is 0 Å². The van der Waals surface area contributed by atoms with Crippen molar-refractivity contribution in [3.63, 3.8) is 0 Å². The molecule has 0 aliphatic carbocycles. The Morgan fingerprint density at radius 2 is 2.20 bits per heavy atom. The smallest absolute Gasteiger partial charge is 0.163 e. The fourth-order valence-corrected chi connectivity index (χ4v) is 2.26. The second kappa shape index (κ2) is 4.79. The Balaban J connectivity index is 2.06. The van der Waals surface area contributed by atoms with E-state index in [0.29, 0.717) is 34.0 Å². The minimum absolute atomic E-state index is 0.295. The average Bonchev–Trinajstić information content (AvgIpc) is 2.86. The summed E-state index contributed by atoms with van der Waals surface area (Å²) < 4.78 is 1.84. The van der Waals surface area contributed by atoms with E-state index in [1.165, 1.54) is 6.33 Å². The number of nitrogen functional groups attached to an aromatic ring is 1. The minimum atomic E-state index is 0.295. The molecule has 20 heavy (non-hydrogen) atoms. The minimum Gasteiger partial charge on any atom is -0.398 e. The van der Waals surface area contributed by atoms with Gasteiger partial charge in [-0.25, -0.2) is 15.0 Å². The highest BCUT2D eigenvalue weighted by molar-refractivity contribution is 6.33. The van der Waals surface area contributed by atoms with Gasteiger partial charge in [-0.3, -0.25) is 0 Å². The van der Waals surface area contributed by atoms with Crippen LogP contribution in [0.15, 0.2) is 31.0 Å². The number of imidazole rings is 1.